The fraction of sp³-hybridized carbons (Fsp3) is 0.346. The Labute approximate surface area is 216 Å². The molecule has 0 bridgehead atoms. The minimum Gasteiger partial charge on any atom is -0.488 e. The fourth-order valence-corrected chi connectivity index (χ4v) is 3.96. The third-order valence-corrected chi connectivity index (χ3v) is 5.72. The maximum absolute atomic E-state index is 14.5. The number of carbonyl (C=O) groups is 1. The van der Waals surface area contributed by atoms with Crippen molar-refractivity contribution in [2.45, 2.75) is 12.8 Å². The summed E-state index contributed by atoms with van der Waals surface area (Å²) in [4.78, 5) is 14.4. The van der Waals surface area contributed by atoms with Crippen molar-refractivity contribution >= 4 is 27.6 Å². The van der Waals surface area contributed by atoms with Gasteiger partial charge in [-0.2, -0.15) is 5.10 Å². The molecular weight excluding hydrogens is 499 g/mol. The van der Waals surface area contributed by atoms with Gasteiger partial charge in [-0.1, -0.05) is 17.3 Å². The van der Waals surface area contributed by atoms with E-state index in [4.69, 9.17) is 14.0 Å². The number of hydrogen-bond donors (Lipinski definition) is 1. The summed E-state index contributed by atoms with van der Waals surface area (Å²) < 4.78 is 39.9. The topological polar surface area (TPSA) is 111 Å². The third kappa shape index (κ3) is 6.41. The van der Waals surface area contributed by atoms with Crippen LogP contribution in [-0.4, -0.2) is 76.3 Å². The molecule has 11 heteroatoms. The van der Waals surface area contributed by atoms with Crippen LogP contribution in [-0.2, 0) is 15.5 Å². The molecule has 0 aliphatic carbocycles. The molecule has 3 heterocycles. The van der Waals surface area contributed by atoms with E-state index in [0.29, 0.717) is 40.2 Å². The summed E-state index contributed by atoms with van der Waals surface area (Å²) in [5, 5.41) is 11.9. The van der Waals surface area contributed by atoms with E-state index in [1.807, 2.05) is 17.0 Å². The van der Waals surface area contributed by atoms with Gasteiger partial charge in [0.15, 0.2) is 17.3 Å². The number of hydrogen-bond acceptors (Lipinski definition) is 7. The molecule has 0 spiro atoms. The number of aromatic nitrogens is 3. The van der Waals surface area contributed by atoms with Crippen molar-refractivity contribution in [1.82, 2.24) is 20.3 Å². The van der Waals surface area contributed by atoms with Gasteiger partial charge in [-0.25, -0.2) is 4.39 Å². The zero-order chi connectivity index (χ0) is 26.4. The van der Waals surface area contributed by atoms with Crippen LogP contribution in [0.4, 0.5) is 4.39 Å². The first-order valence-corrected chi connectivity index (χ1v) is 13.7. The van der Waals surface area contributed by atoms with Crippen LogP contribution in [0.25, 0.3) is 33.6 Å². The number of aromatic amines is 1. The lowest BCUT2D eigenvalue weighted by atomic mass is 10.1. The molecule has 0 saturated carbocycles. The summed E-state index contributed by atoms with van der Waals surface area (Å²) in [7, 11) is 0.943. The zero-order valence-electron chi connectivity index (χ0n) is 21.0. The number of nitrogens with zero attached hydrogens (tertiary/aromatic N) is 3. The minimum atomic E-state index is -0.611. The van der Waals surface area contributed by atoms with Crippen LogP contribution in [0.5, 0.6) is 5.75 Å². The number of methoxy groups -OCH3 is 1. The molecule has 0 atom stereocenters. The van der Waals surface area contributed by atoms with Crippen molar-refractivity contribution in [1.29, 1.82) is 0 Å². The molecule has 5 rings (SSSR count). The van der Waals surface area contributed by atoms with Crippen LogP contribution in [0.3, 0.4) is 0 Å². The van der Waals surface area contributed by atoms with E-state index < -0.39 is 16.6 Å². The molecule has 1 fully saturated rings. The molecule has 37 heavy (non-hydrogen) atoms. The van der Waals surface area contributed by atoms with Gasteiger partial charge in [-0.05, 0) is 31.0 Å². The summed E-state index contributed by atoms with van der Waals surface area (Å²) in [5.41, 5.74) is 3.12. The molecule has 0 unspecified atom stereocenters. The number of fused-ring (bicyclic) bond motifs is 1. The van der Waals surface area contributed by atoms with E-state index in [0.717, 1.165) is 31.5 Å². The van der Waals surface area contributed by atoms with E-state index in [1.165, 1.54) is 6.07 Å². The number of likely N-dealkylation sites (tertiary alicyclic amines) is 1. The Balaban J connectivity index is 0.000000747. The van der Waals surface area contributed by atoms with E-state index >= 15 is 0 Å². The summed E-state index contributed by atoms with van der Waals surface area (Å²) >= 11 is 0. The smallest absolute Gasteiger partial charge is 0.253 e. The highest BCUT2D eigenvalue weighted by Crippen LogP contribution is 2.33. The molecule has 1 N–H and O–H groups in total. The van der Waals surface area contributed by atoms with Crippen LogP contribution in [0.2, 0.25) is 0 Å². The molecule has 0 radical (unpaired) electrons. The number of rotatable bonds is 7. The van der Waals surface area contributed by atoms with Gasteiger partial charge in [-0.15, -0.1) is 0 Å². The lowest BCUT2D eigenvalue weighted by molar-refractivity contribution is 0.0793. The van der Waals surface area contributed by atoms with Crippen LogP contribution in [0.15, 0.2) is 47.0 Å². The van der Waals surface area contributed by atoms with E-state index in [1.54, 1.807) is 43.9 Å². The van der Waals surface area contributed by atoms with Crippen LogP contribution >= 0.6 is 0 Å². The van der Waals surface area contributed by atoms with Crippen molar-refractivity contribution < 1.29 is 27.4 Å². The summed E-state index contributed by atoms with van der Waals surface area (Å²) in [5.74, 6) is 0.0761. The Morgan fingerprint density at radius 3 is 2.51 bits per heavy atom. The number of nitrogens with one attached hydrogen (secondary N) is 1. The molecular formula is C26H29FN4O5S. The summed E-state index contributed by atoms with van der Waals surface area (Å²) in [6, 6.07) is 12.0. The Kier molecular flexibility index (Phi) is 8.67. The van der Waals surface area contributed by atoms with Gasteiger partial charge in [0, 0.05) is 72.2 Å². The number of H-pyrrole nitrogens is 1. The van der Waals surface area contributed by atoms with Gasteiger partial charge in [0.05, 0.1) is 12.1 Å². The number of amides is 1. The van der Waals surface area contributed by atoms with Crippen molar-refractivity contribution in [2.75, 3.05) is 45.9 Å². The summed E-state index contributed by atoms with van der Waals surface area (Å²) in [6.45, 7) is 2.23. The zero-order valence-corrected chi connectivity index (χ0v) is 21.8. The van der Waals surface area contributed by atoms with E-state index in [2.05, 4.69) is 15.4 Å². The Morgan fingerprint density at radius 1 is 1.14 bits per heavy atom. The monoisotopic (exact) mass is 528 g/mol. The number of benzene rings is 2. The molecule has 9 nitrogen and oxygen atoms in total. The van der Waals surface area contributed by atoms with E-state index in [-0.39, 0.29) is 18.3 Å². The average Bonchev–Trinajstić information content (AvgIpc) is 3.64. The molecule has 1 amide bonds. The first-order valence-electron chi connectivity index (χ1n) is 11.8. The first-order chi connectivity index (χ1) is 17.9. The molecule has 2 aromatic carbocycles. The number of carbonyl (C=O) groups excluding carboxylic acids is 1. The molecule has 1 saturated heterocycles. The van der Waals surface area contributed by atoms with Gasteiger partial charge >= 0.3 is 0 Å². The molecule has 2 aromatic heterocycles. The second-order valence-corrected chi connectivity index (χ2v) is 10.1. The largest absolute Gasteiger partial charge is 0.488 e. The van der Waals surface area contributed by atoms with Gasteiger partial charge in [-0.3, -0.25) is 14.1 Å². The average molecular weight is 529 g/mol. The lowest BCUT2D eigenvalue weighted by Crippen LogP contribution is -2.27. The van der Waals surface area contributed by atoms with Gasteiger partial charge in [0.2, 0.25) is 0 Å². The fourth-order valence-electron chi connectivity index (χ4n) is 3.96. The molecule has 4 aromatic rings. The maximum Gasteiger partial charge on any atom is 0.253 e. The van der Waals surface area contributed by atoms with E-state index in [9.17, 15) is 13.4 Å². The van der Waals surface area contributed by atoms with Crippen LogP contribution < -0.4 is 4.74 Å². The van der Waals surface area contributed by atoms with Crippen molar-refractivity contribution in [2.24, 2.45) is 0 Å². The Hall–Kier alpha value is -3.57. The van der Waals surface area contributed by atoms with Gasteiger partial charge in [0.1, 0.15) is 18.0 Å². The van der Waals surface area contributed by atoms with Crippen LogP contribution in [0, 0.1) is 5.82 Å². The predicted molar refractivity (Wildman–Crippen MR) is 139 cm³/mol. The number of ether oxygens (including phenoxy) is 2. The quantitative estimate of drug-likeness (QED) is 0.357. The summed E-state index contributed by atoms with van der Waals surface area (Å²) in [6.07, 6.45) is 5.39. The standard InChI is InChI=1S/C24H23FN4O4.C2H6OS/c1-31-10-11-32-21-14-20-17(12-18(21)25)23(27-26-20)22-13-19(28-33-22)15-4-6-16(7-5-15)24(30)29-8-2-3-9-29;1-4(2)3/h4-7,12-14H,2-3,8-11H2,1H3,(H,26,27);1-2H3. The lowest BCUT2D eigenvalue weighted by Gasteiger charge is -2.15. The van der Waals surface area contributed by atoms with Crippen molar-refractivity contribution in [3.8, 4) is 28.5 Å². The van der Waals surface area contributed by atoms with Gasteiger partial charge < -0.3 is 18.9 Å². The predicted octanol–water partition coefficient (Wildman–Crippen LogP) is 4.28. The van der Waals surface area contributed by atoms with Crippen molar-refractivity contribution in [3.63, 3.8) is 0 Å². The molecule has 196 valence electrons. The second-order valence-electron chi connectivity index (χ2n) is 8.64. The third-order valence-electron chi connectivity index (χ3n) is 5.72. The highest BCUT2D eigenvalue weighted by Gasteiger charge is 2.20. The van der Waals surface area contributed by atoms with Crippen LogP contribution in [0.1, 0.15) is 23.2 Å². The molecule has 1 aliphatic heterocycles. The normalized spacial score (nSPS) is 13.2. The highest BCUT2D eigenvalue weighted by molar-refractivity contribution is 7.83. The highest BCUT2D eigenvalue weighted by atomic mass is 32.2. The van der Waals surface area contributed by atoms with Crippen molar-refractivity contribution in [3.05, 3.63) is 53.8 Å². The Bertz CT molecular complexity index is 1380. The second kappa shape index (κ2) is 12.1. The van der Waals surface area contributed by atoms with Gasteiger partial charge in [0.25, 0.3) is 5.91 Å². The first kappa shape index (κ1) is 26.5. The number of halogens is 1. The minimum absolute atomic E-state index is 0.0514. The SMILES string of the molecule is COCCOc1cc2[nH]nc(-c3cc(-c4ccc(C(=O)N5CCCC5)cc4)no3)c2cc1F.CS(C)=O. The Morgan fingerprint density at radius 2 is 1.84 bits per heavy atom. The molecule has 1 aliphatic rings. The maximum atomic E-state index is 14.5.